The van der Waals surface area contributed by atoms with Crippen molar-refractivity contribution in [3.8, 4) is 0 Å². The van der Waals surface area contributed by atoms with Gasteiger partial charge in [-0.2, -0.15) is 0 Å². The van der Waals surface area contributed by atoms with Crippen molar-refractivity contribution in [3.05, 3.63) is 0 Å². The summed E-state index contributed by atoms with van der Waals surface area (Å²) in [5.74, 6) is -0.718. The van der Waals surface area contributed by atoms with Crippen molar-refractivity contribution < 1.29 is 29.3 Å². The highest BCUT2D eigenvalue weighted by Gasteiger charge is 2.21. The van der Waals surface area contributed by atoms with E-state index >= 15 is 0 Å². The molecule has 10 nitrogen and oxygen atoms in total. The number of nitrogens with one attached hydrogen (secondary N) is 1. The lowest BCUT2D eigenvalue weighted by atomic mass is 10.0. The molecule has 0 bridgehead atoms. The first-order chi connectivity index (χ1) is 23.5. The van der Waals surface area contributed by atoms with Crippen LogP contribution in [-0.2, 0) is 19.1 Å². The number of hydrogen-bond donors (Lipinski definition) is 5. The number of hydrogen-bond acceptors (Lipinski definition) is 6. The molecule has 2 atom stereocenters. The first-order valence-electron chi connectivity index (χ1n) is 19.9. The number of guanidine groups is 1. The number of carbonyl (C=O) groups is 3. The number of carboxylic acid groups (broad SMARTS) is 1. The molecule has 0 heterocycles. The third kappa shape index (κ3) is 40.0. The summed E-state index contributed by atoms with van der Waals surface area (Å²) in [6.45, 7) is 8.90. The van der Waals surface area contributed by atoms with Gasteiger partial charge >= 0.3 is 11.9 Å². The molecule has 0 saturated carbocycles. The molecule has 0 aliphatic heterocycles. The second kappa shape index (κ2) is 36.9. The Morgan fingerprint density at radius 1 is 0.653 bits per heavy atom. The third-order valence-corrected chi connectivity index (χ3v) is 8.60. The van der Waals surface area contributed by atoms with Gasteiger partial charge in [0.25, 0.3) is 0 Å². The summed E-state index contributed by atoms with van der Waals surface area (Å²) in [7, 11) is 0. The van der Waals surface area contributed by atoms with E-state index in [0.717, 1.165) is 31.6 Å². The molecule has 1 amide bonds. The van der Waals surface area contributed by atoms with Crippen molar-refractivity contribution in [1.82, 2.24) is 5.32 Å². The molecule has 49 heavy (non-hydrogen) atoms. The van der Waals surface area contributed by atoms with E-state index in [1.54, 1.807) is 0 Å². The molecule has 0 saturated heterocycles. The Bertz CT molecular complexity index is 802. The minimum absolute atomic E-state index is 0.0384. The lowest BCUT2D eigenvalue weighted by molar-refractivity contribution is -0.148. The van der Waals surface area contributed by atoms with Gasteiger partial charge in [-0.15, -0.1) is 0 Å². The predicted molar refractivity (Wildman–Crippen MR) is 203 cm³/mol. The van der Waals surface area contributed by atoms with Crippen LogP contribution in [0, 0.1) is 5.92 Å². The molecule has 0 spiro atoms. The van der Waals surface area contributed by atoms with Crippen LogP contribution in [0.2, 0.25) is 0 Å². The summed E-state index contributed by atoms with van der Waals surface area (Å²) in [5.41, 5.74) is 10.8. The second-order valence-corrected chi connectivity index (χ2v) is 14.1. The molecule has 290 valence electrons. The summed E-state index contributed by atoms with van der Waals surface area (Å²) in [6.07, 6.45) is 29.3. The van der Waals surface area contributed by atoms with Crippen LogP contribution >= 0.6 is 0 Å². The van der Waals surface area contributed by atoms with E-state index in [-0.39, 0.29) is 17.8 Å². The zero-order chi connectivity index (χ0) is 37.0. The smallest absolute Gasteiger partial charge is 0.332 e. The van der Waals surface area contributed by atoms with Gasteiger partial charge in [0, 0.05) is 13.0 Å². The SMILES string of the molecule is CC(O)C(=O)O.CCCCCCCCCCCC(=O)N[C@@H](CCCN=C(N)N)C(=O)OCCCCCCCCCCCCCCCC(C)C. The molecule has 0 aromatic rings. The fraction of sp³-hybridized carbons (Fsp3) is 0.897. The fourth-order valence-corrected chi connectivity index (χ4v) is 5.49. The maximum Gasteiger partial charge on any atom is 0.332 e. The van der Waals surface area contributed by atoms with Crippen LogP contribution in [0.15, 0.2) is 4.99 Å². The Labute approximate surface area is 300 Å². The van der Waals surface area contributed by atoms with Crippen LogP contribution in [0.5, 0.6) is 0 Å². The predicted octanol–water partition coefficient (Wildman–Crippen LogP) is 8.56. The van der Waals surface area contributed by atoms with Gasteiger partial charge in [0.1, 0.15) is 12.1 Å². The first-order valence-corrected chi connectivity index (χ1v) is 19.9. The number of aliphatic hydroxyl groups excluding tert-OH is 1. The minimum atomic E-state index is -1.23. The average Bonchev–Trinajstić information content (AvgIpc) is 3.05. The fourth-order valence-electron chi connectivity index (χ4n) is 5.49. The molecular formula is C39H78N4O6. The Morgan fingerprint density at radius 3 is 1.51 bits per heavy atom. The van der Waals surface area contributed by atoms with E-state index in [2.05, 4.69) is 31.1 Å². The molecule has 0 fully saturated rings. The normalized spacial score (nSPS) is 12.1. The van der Waals surface area contributed by atoms with E-state index in [4.69, 9.17) is 26.4 Å². The van der Waals surface area contributed by atoms with Gasteiger partial charge < -0.3 is 31.7 Å². The topological polar surface area (TPSA) is 177 Å². The molecule has 0 aromatic heterocycles. The first kappa shape index (κ1) is 48.8. The Morgan fingerprint density at radius 2 is 1.08 bits per heavy atom. The number of aliphatic imine (C=N–C) groups is 1. The highest BCUT2D eigenvalue weighted by Crippen LogP contribution is 2.15. The van der Waals surface area contributed by atoms with Crippen molar-refractivity contribution in [2.45, 2.75) is 207 Å². The van der Waals surface area contributed by atoms with Crippen LogP contribution in [-0.4, -0.2) is 59.3 Å². The number of nitrogens with zero attached hydrogens (tertiary/aromatic N) is 1. The molecule has 0 aliphatic carbocycles. The van der Waals surface area contributed by atoms with Crippen molar-refractivity contribution in [2.75, 3.05) is 13.2 Å². The largest absolute Gasteiger partial charge is 0.479 e. The Hall–Kier alpha value is -2.36. The highest BCUT2D eigenvalue weighted by molar-refractivity contribution is 5.84. The molecule has 0 aliphatic rings. The highest BCUT2D eigenvalue weighted by atomic mass is 16.5. The number of nitrogens with two attached hydrogens (primary N) is 2. The summed E-state index contributed by atoms with van der Waals surface area (Å²) in [5, 5.41) is 18.7. The lowest BCUT2D eigenvalue weighted by Gasteiger charge is -2.17. The number of rotatable bonds is 33. The van der Waals surface area contributed by atoms with E-state index in [0.29, 0.717) is 32.4 Å². The van der Waals surface area contributed by atoms with Crippen LogP contribution in [0.4, 0.5) is 0 Å². The van der Waals surface area contributed by atoms with Crippen molar-refractivity contribution in [2.24, 2.45) is 22.4 Å². The summed E-state index contributed by atoms with van der Waals surface area (Å²) < 4.78 is 5.56. The van der Waals surface area contributed by atoms with Crippen molar-refractivity contribution in [1.29, 1.82) is 0 Å². The van der Waals surface area contributed by atoms with Crippen LogP contribution < -0.4 is 16.8 Å². The number of carboxylic acids is 1. The Balaban J connectivity index is 0. The van der Waals surface area contributed by atoms with Crippen LogP contribution in [0.3, 0.4) is 0 Å². The van der Waals surface area contributed by atoms with E-state index < -0.39 is 18.1 Å². The van der Waals surface area contributed by atoms with E-state index in [1.165, 1.54) is 129 Å². The monoisotopic (exact) mass is 699 g/mol. The van der Waals surface area contributed by atoms with Gasteiger partial charge in [-0.3, -0.25) is 9.79 Å². The van der Waals surface area contributed by atoms with Gasteiger partial charge in [-0.05, 0) is 38.5 Å². The Kier molecular flexibility index (Phi) is 36.7. The number of unbranched alkanes of at least 4 members (excludes halogenated alkanes) is 20. The molecule has 1 unspecified atom stereocenters. The summed E-state index contributed by atoms with van der Waals surface area (Å²) in [6, 6.07) is -0.639. The van der Waals surface area contributed by atoms with E-state index in [9.17, 15) is 14.4 Å². The third-order valence-electron chi connectivity index (χ3n) is 8.60. The molecule has 0 aromatic carbocycles. The zero-order valence-corrected chi connectivity index (χ0v) is 32.2. The van der Waals surface area contributed by atoms with Crippen LogP contribution in [0.25, 0.3) is 0 Å². The summed E-state index contributed by atoms with van der Waals surface area (Å²) in [4.78, 5) is 38.8. The van der Waals surface area contributed by atoms with Crippen LogP contribution in [0.1, 0.15) is 195 Å². The molecule has 7 N–H and O–H groups in total. The van der Waals surface area contributed by atoms with Gasteiger partial charge in [-0.25, -0.2) is 9.59 Å². The molecule has 0 rings (SSSR count). The molecule has 0 radical (unpaired) electrons. The number of aliphatic hydroxyl groups is 1. The second-order valence-electron chi connectivity index (χ2n) is 14.1. The number of ether oxygens (including phenoxy) is 1. The molecule has 10 heteroatoms. The minimum Gasteiger partial charge on any atom is -0.479 e. The number of esters is 1. The van der Waals surface area contributed by atoms with Crippen molar-refractivity contribution in [3.63, 3.8) is 0 Å². The van der Waals surface area contributed by atoms with Gasteiger partial charge in [0.15, 0.2) is 5.96 Å². The average molecular weight is 699 g/mol. The van der Waals surface area contributed by atoms with Gasteiger partial charge in [0.05, 0.1) is 6.61 Å². The standard InChI is InChI=1S/C36H72N4O3.C3H6O3/c1-4-5-6-7-8-14-18-21-24-29-34(41)40-33(28-26-30-39-36(37)38)35(42)43-31-25-22-19-16-13-11-9-10-12-15-17-20-23-27-32(2)3;1-2(4)3(5)6/h32-33H,4-31H2,1-3H3,(H,40,41)(H4,37,38,39);2,4H,1H3,(H,5,6)/t33-;/m0./s1. The summed E-state index contributed by atoms with van der Waals surface area (Å²) >= 11 is 0. The van der Waals surface area contributed by atoms with Gasteiger partial charge in [-0.1, -0.05) is 156 Å². The lowest BCUT2D eigenvalue weighted by Crippen LogP contribution is -2.42. The van der Waals surface area contributed by atoms with E-state index in [1.807, 2.05) is 0 Å². The number of aliphatic carboxylic acids is 1. The zero-order valence-electron chi connectivity index (χ0n) is 32.2. The van der Waals surface area contributed by atoms with Crippen molar-refractivity contribution >= 4 is 23.8 Å². The molecular weight excluding hydrogens is 620 g/mol. The maximum absolute atomic E-state index is 12.8. The quantitative estimate of drug-likeness (QED) is 0.0196. The van der Waals surface area contributed by atoms with Gasteiger partial charge in [0.2, 0.25) is 5.91 Å². The maximum atomic E-state index is 12.8. The number of amides is 1. The number of carbonyl (C=O) groups excluding carboxylic acids is 2.